The second-order valence-corrected chi connectivity index (χ2v) is 10.1. The molecule has 2 N–H and O–H groups in total. The van der Waals surface area contributed by atoms with Crippen molar-refractivity contribution in [3.63, 3.8) is 0 Å². The third-order valence-corrected chi connectivity index (χ3v) is 7.18. The first-order valence-electron chi connectivity index (χ1n) is 12.8. The average Bonchev–Trinajstić information content (AvgIpc) is 2.90. The van der Waals surface area contributed by atoms with Crippen molar-refractivity contribution in [3.8, 4) is 11.5 Å². The van der Waals surface area contributed by atoms with Crippen molar-refractivity contribution in [2.75, 3.05) is 26.5 Å². The van der Waals surface area contributed by atoms with Gasteiger partial charge in [-0.25, -0.2) is 4.79 Å². The Morgan fingerprint density at radius 2 is 1.83 bits per heavy atom. The standard InChI is InChI=1S/C29H40N2O5/c1-6-29(2,3)28(33)31-17-8-7-12-23(31)27(32)36-24(21-10-9-11-22(30)19-21)15-13-20-14-16-25(34-4)26(18-20)35-5/h9-11,14,16,18-19,23-24H,6-8,12-13,15,17,30H2,1-5H3/t23-,24+/m0/s1. The van der Waals surface area contributed by atoms with Crippen LogP contribution in [-0.2, 0) is 20.7 Å². The maximum Gasteiger partial charge on any atom is 0.329 e. The van der Waals surface area contributed by atoms with Crippen LogP contribution in [0.5, 0.6) is 11.5 Å². The van der Waals surface area contributed by atoms with E-state index in [-0.39, 0.29) is 11.9 Å². The largest absolute Gasteiger partial charge is 0.493 e. The minimum Gasteiger partial charge on any atom is -0.493 e. The van der Waals surface area contributed by atoms with E-state index in [1.165, 1.54) is 0 Å². The number of amides is 1. The highest BCUT2D eigenvalue weighted by molar-refractivity contribution is 5.88. The quantitative estimate of drug-likeness (QED) is 0.354. The summed E-state index contributed by atoms with van der Waals surface area (Å²) in [6.07, 6.45) is 3.84. The van der Waals surface area contributed by atoms with Gasteiger partial charge in [0.25, 0.3) is 0 Å². The third kappa shape index (κ3) is 6.50. The summed E-state index contributed by atoms with van der Waals surface area (Å²) in [6.45, 7) is 6.45. The van der Waals surface area contributed by atoms with Crippen LogP contribution in [0.3, 0.4) is 0 Å². The zero-order valence-electron chi connectivity index (χ0n) is 22.2. The number of likely N-dealkylation sites (tertiary alicyclic amines) is 1. The molecule has 196 valence electrons. The predicted molar refractivity (Wildman–Crippen MR) is 141 cm³/mol. The Kier molecular flexibility index (Phi) is 9.24. The van der Waals surface area contributed by atoms with E-state index in [1.807, 2.05) is 63.2 Å². The van der Waals surface area contributed by atoms with E-state index in [9.17, 15) is 9.59 Å². The van der Waals surface area contributed by atoms with Gasteiger partial charge in [0.2, 0.25) is 5.91 Å². The number of carbonyl (C=O) groups is 2. The Morgan fingerprint density at radius 1 is 1.08 bits per heavy atom. The first kappa shape index (κ1) is 27.4. The molecule has 7 nitrogen and oxygen atoms in total. The van der Waals surface area contributed by atoms with Crippen molar-refractivity contribution in [1.82, 2.24) is 4.90 Å². The number of piperidine rings is 1. The number of aryl methyl sites for hydroxylation is 1. The summed E-state index contributed by atoms with van der Waals surface area (Å²) in [4.78, 5) is 28.5. The molecule has 7 heteroatoms. The van der Waals surface area contributed by atoms with Gasteiger partial charge in [0.05, 0.1) is 14.2 Å². The van der Waals surface area contributed by atoms with E-state index in [4.69, 9.17) is 19.9 Å². The highest BCUT2D eigenvalue weighted by Crippen LogP contribution is 2.33. The smallest absolute Gasteiger partial charge is 0.329 e. The molecule has 1 amide bonds. The molecular formula is C29H40N2O5. The molecule has 2 aromatic rings. The molecule has 36 heavy (non-hydrogen) atoms. The molecule has 0 radical (unpaired) electrons. The highest BCUT2D eigenvalue weighted by Gasteiger charge is 2.39. The first-order chi connectivity index (χ1) is 17.2. The molecular weight excluding hydrogens is 456 g/mol. The van der Waals surface area contributed by atoms with Crippen molar-refractivity contribution in [2.45, 2.75) is 71.4 Å². The van der Waals surface area contributed by atoms with Crippen molar-refractivity contribution < 1.29 is 23.8 Å². The van der Waals surface area contributed by atoms with E-state index in [0.717, 1.165) is 24.0 Å². The molecule has 0 saturated carbocycles. The van der Waals surface area contributed by atoms with E-state index >= 15 is 0 Å². The Bertz CT molecular complexity index is 1050. The van der Waals surface area contributed by atoms with Crippen LogP contribution in [0.15, 0.2) is 42.5 Å². The first-order valence-corrected chi connectivity index (χ1v) is 12.8. The summed E-state index contributed by atoms with van der Waals surface area (Å²) >= 11 is 0. The maximum atomic E-state index is 13.5. The fourth-order valence-corrected chi connectivity index (χ4v) is 4.57. The van der Waals surface area contributed by atoms with Crippen molar-refractivity contribution in [2.24, 2.45) is 5.41 Å². The fraction of sp³-hybridized carbons (Fsp3) is 0.517. The molecule has 0 bridgehead atoms. The van der Waals surface area contributed by atoms with Crippen LogP contribution in [0.1, 0.15) is 70.1 Å². The summed E-state index contributed by atoms with van der Waals surface area (Å²) in [7, 11) is 3.21. The van der Waals surface area contributed by atoms with Gasteiger partial charge in [-0.15, -0.1) is 0 Å². The summed E-state index contributed by atoms with van der Waals surface area (Å²) in [6, 6.07) is 12.7. The second-order valence-electron chi connectivity index (χ2n) is 10.1. The molecule has 1 heterocycles. The number of methoxy groups -OCH3 is 2. The Morgan fingerprint density at radius 3 is 2.50 bits per heavy atom. The summed E-state index contributed by atoms with van der Waals surface area (Å²) in [5, 5.41) is 0. The summed E-state index contributed by atoms with van der Waals surface area (Å²) in [5.74, 6) is 0.978. The van der Waals surface area contributed by atoms with Gasteiger partial charge >= 0.3 is 5.97 Å². The molecule has 2 aromatic carbocycles. The Balaban J connectivity index is 1.81. The minimum atomic E-state index is -0.568. The van der Waals surface area contributed by atoms with Crippen molar-refractivity contribution >= 4 is 17.6 Å². The number of hydrogen-bond acceptors (Lipinski definition) is 6. The van der Waals surface area contributed by atoms with E-state index in [0.29, 0.717) is 49.4 Å². The van der Waals surface area contributed by atoms with Gasteiger partial charge < -0.3 is 24.8 Å². The van der Waals surface area contributed by atoms with Crippen LogP contribution in [0.2, 0.25) is 0 Å². The van der Waals surface area contributed by atoms with Crippen LogP contribution in [0, 0.1) is 5.41 Å². The maximum absolute atomic E-state index is 13.5. The molecule has 0 spiro atoms. The summed E-state index contributed by atoms with van der Waals surface area (Å²) in [5.41, 5.74) is 8.02. The van der Waals surface area contributed by atoms with Crippen molar-refractivity contribution in [3.05, 3.63) is 53.6 Å². The molecule has 1 fully saturated rings. The zero-order chi connectivity index (χ0) is 26.3. The molecule has 1 aliphatic heterocycles. The number of carbonyl (C=O) groups excluding carboxylic acids is 2. The number of nitrogens with two attached hydrogens (primary N) is 1. The molecule has 1 aliphatic rings. The monoisotopic (exact) mass is 496 g/mol. The normalized spacial score (nSPS) is 16.8. The molecule has 0 unspecified atom stereocenters. The van der Waals surface area contributed by atoms with Crippen LogP contribution >= 0.6 is 0 Å². The van der Waals surface area contributed by atoms with Gasteiger partial charge in [-0.05, 0) is 73.9 Å². The number of anilines is 1. The number of esters is 1. The zero-order valence-corrected chi connectivity index (χ0v) is 22.2. The lowest BCUT2D eigenvalue weighted by Crippen LogP contribution is -2.52. The average molecular weight is 497 g/mol. The third-order valence-electron chi connectivity index (χ3n) is 7.18. The van der Waals surface area contributed by atoms with E-state index in [1.54, 1.807) is 19.1 Å². The number of benzene rings is 2. The van der Waals surface area contributed by atoms with Gasteiger partial charge in [-0.3, -0.25) is 4.79 Å². The van der Waals surface area contributed by atoms with Crippen LogP contribution in [0.4, 0.5) is 5.69 Å². The lowest BCUT2D eigenvalue weighted by Gasteiger charge is -2.39. The van der Waals surface area contributed by atoms with Crippen LogP contribution < -0.4 is 15.2 Å². The van der Waals surface area contributed by atoms with Crippen LogP contribution in [0.25, 0.3) is 0 Å². The Labute approximate surface area is 214 Å². The number of rotatable bonds is 10. The molecule has 0 aliphatic carbocycles. The molecule has 2 atom stereocenters. The van der Waals surface area contributed by atoms with Gasteiger partial charge in [0, 0.05) is 17.6 Å². The number of hydrogen-bond donors (Lipinski definition) is 1. The topological polar surface area (TPSA) is 91.1 Å². The number of nitrogens with zero attached hydrogens (tertiary/aromatic N) is 1. The lowest BCUT2D eigenvalue weighted by atomic mass is 9.86. The number of nitrogen functional groups attached to an aromatic ring is 1. The molecule has 1 saturated heterocycles. The molecule has 3 rings (SSSR count). The predicted octanol–water partition coefficient (Wildman–Crippen LogP) is 5.32. The second kappa shape index (κ2) is 12.2. The SMILES string of the molecule is CCC(C)(C)C(=O)N1CCCC[C@H]1C(=O)O[C@H](CCc1ccc(OC)c(OC)c1)c1cccc(N)c1. The van der Waals surface area contributed by atoms with E-state index < -0.39 is 17.6 Å². The minimum absolute atomic E-state index is 0.0116. The molecule has 0 aromatic heterocycles. The number of ether oxygens (including phenoxy) is 3. The van der Waals surface area contributed by atoms with Gasteiger partial charge in [0.1, 0.15) is 12.1 Å². The lowest BCUT2D eigenvalue weighted by molar-refractivity contribution is -0.165. The Hall–Kier alpha value is -3.22. The van der Waals surface area contributed by atoms with Gasteiger partial charge in [-0.2, -0.15) is 0 Å². The van der Waals surface area contributed by atoms with Gasteiger partial charge in [-0.1, -0.05) is 39.0 Å². The highest BCUT2D eigenvalue weighted by atomic mass is 16.5. The van der Waals surface area contributed by atoms with Crippen LogP contribution in [-0.4, -0.2) is 43.6 Å². The van der Waals surface area contributed by atoms with Crippen molar-refractivity contribution in [1.29, 1.82) is 0 Å². The summed E-state index contributed by atoms with van der Waals surface area (Å²) < 4.78 is 16.9. The van der Waals surface area contributed by atoms with E-state index in [2.05, 4.69) is 0 Å². The fourth-order valence-electron chi connectivity index (χ4n) is 4.57. The van der Waals surface area contributed by atoms with Gasteiger partial charge in [0.15, 0.2) is 11.5 Å².